The molecule has 0 saturated carbocycles. The Morgan fingerprint density at radius 3 is 2.52 bits per heavy atom. The molecule has 0 amide bonds. The van der Waals surface area contributed by atoms with E-state index < -0.39 is 0 Å². The summed E-state index contributed by atoms with van der Waals surface area (Å²) in [7, 11) is 0. The van der Waals surface area contributed by atoms with Crippen LogP contribution >= 0.6 is 11.8 Å². The standard InChI is InChI=1S/C20H23N5OS/c1-16-2-4-18(5-3-16)25-19(17-6-8-21-9-7-17)22-23-20(25)27-15-12-24-10-13-26-14-11-24/h2-9H,10-15H2,1H3/p+1. The molecule has 7 heteroatoms. The summed E-state index contributed by atoms with van der Waals surface area (Å²) in [5.41, 5.74) is 3.34. The normalized spacial score (nSPS) is 15.1. The van der Waals surface area contributed by atoms with Gasteiger partial charge in [0.15, 0.2) is 11.0 Å². The number of aryl methyl sites for hydroxylation is 1. The highest BCUT2D eigenvalue weighted by Crippen LogP contribution is 2.27. The predicted octanol–water partition coefficient (Wildman–Crippen LogP) is 1.64. The van der Waals surface area contributed by atoms with Crippen molar-refractivity contribution in [3.05, 3.63) is 54.4 Å². The molecule has 1 N–H and O–H groups in total. The highest BCUT2D eigenvalue weighted by Gasteiger charge is 2.18. The van der Waals surface area contributed by atoms with Crippen LogP contribution in [0.1, 0.15) is 5.56 Å². The molecule has 0 radical (unpaired) electrons. The van der Waals surface area contributed by atoms with E-state index in [1.54, 1.807) is 29.1 Å². The molecule has 1 aliphatic heterocycles. The number of aromatic nitrogens is 4. The van der Waals surface area contributed by atoms with Gasteiger partial charge in [0.1, 0.15) is 13.1 Å². The van der Waals surface area contributed by atoms with Crippen LogP contribution < -0.4 is 4.90 Å². The van der Waals surface area contributed by atoms with E-state index in [2.05, 4.69) is 50.9 Å². The second-order valence-corrected chi connectivity index (χ2v) is 7.74. The lowest BCUT2D eigenvalue weighted by atomic mass is 10.2. The molecule has 4 rings (SSSR count). The molecule has 3 heterocycles. The zero-order chi connectivity index (χ0) is 18.5. The van der Waals surface area contributed by atoms with E-state index in [0.717, 1.165) is 60.8 Å². The largest absolute Gasteiger partial charge is 0.370 e. The molecule has 0 spiro atoms. The number of hydrogen-bond acceptors (Lipinski definition) is 5. The molecule has 1 saturated heterocycles. The number of nitrogens with one attached hydrogen (secondary N) is 1. The number of benzene rings is 1. The van der Waals surface area contributed by atoms with E-state index in [1.165, 1.54) is 5.56 Å². The Labute approximate surface area is 163 Å². The number of nitrogens with zero attached hydrogens (tertiary/aromatic N) is 4. The minimum atomic E-state index is 0.850. The SMILES string of the molecule is Cc1ccc(-n2c(SCC[NH+]3CCOCC3)nnc2-c2ccncc2)cc1. The van der Waals surface area contributed by atoms with Crippen molar-refractivity contribution >= 4 is 11.8 Å². The van der Waals surface area contributed by atoms with Crippen molar-refractivity contribution in [2.45, 2.75) is 12.1 Å². The molecule has 6 nitrogen and oxygen atoms in total. The molecule has 3 aromatic rings. The van der Waals surface area contributed by atoms with Crippen molar-refractivity contribution in [3.8, 4) is 17.1 Å². The van der Waals surface area contributed by atoms with Crippen LogP contribution in [0.2, 0.25) is 0 Å². The van der Waals surface area contributed by atoms with Gasteiger partial charge in [0.2, 0.25) is 0 Å². The summed E-state index contributed by atoms with van der Waals surface area (Å²) < 4.78 is 7.59. The van der Waals surface area contributed by atoms with Crippen molar-refractivity contribution in [1.82, 2.24) is 19.7 Å². The minimum Gasteiger partial charge on any atom is -0.370 e. The Bertz CT molecular complexity index is 860. The summed E-state index contributed by atoms with van der Waals surface area (Å²) in [6.45, 7) is 7.12. The summed E-state index contributed by atoms with van der Waals surface area (Å²) in [4.78, 5) is 5.72. The first-order valence-corrected chi connectivity index (χ1v) is 10.3. The zero-order valence-electron chi connectivity index (χ0n) is 15.5. The van der Waals surface area contributed by atoms with Gasteiger partial charge in [-0.15, -0.1) is 10.2 Å². The van der Waals surface area contributed by atoms with E-state index in [0.29, 0.717) is 0 Å². The van der Waals surface area contributed by atoms with E-state index >= 15 is 0 Å². The first kappa shape index (κ1) is 18.2. The summed E-state index contributed by atoms with van der Waals surface area (Å²) in [6, 6.07) is 12.4. The summed E-state index contributed by atoms with van der Waals surface area (Å²) >= 11 is 1.77. The third-order valence-corrected chi connectivity index (χ3v) is 5.68. The van der Waals surface area contributed by atoms with Crippen molar-refractivity contribution in [2.75, 3.05) is 38.6 Å². The summed E-state index contributed by atoms with van der Waals surface area (Å²) in [6.07, 6.45) is 3.58. The van der Waals surface area contributed by atoms with Crippen LogP contribution in [0.4, 0.5) is 0 Å². The first-order valence-electron chi connectivity index (χ1n) is 9.28. The van der Waals surface area contributed by atoms with Crippen LogP contribution in [-0.4, -0.2) is 58.3 Å². The lowest BCUT2D eigenvalue weighted by Gasteiger charge is -2.23. The molecular weight excluding hydrogens is 358 g/mol. The average Bonchev–Trinajstić information content (AvgIpc) is 3.14. The molecule has 27 heavy (non-hydrogen) atoms. The van der Waals surface area contributed by atoms with Crippen LogP contribution in [0, 0.1) is 6.92 Å². The summed E-state index contributed by atoms with van der Waals surface area (Å²) in [5, 5.41) is 9.91. The fourth-order valence-electron chi connectivity index (χ4n) is 3.17. The third kappa shape index (κ3) is 4.37. The van der Waals surface area contributed by atoms with Crippen LogP contribution in [-0.2, 0) is 4.74 Å². The fraction of sp³-hybridized carbons (Fsp3) is 0.350. The van der Waals surface area contributed by atoms with Gasteiger partial charge in [0.25, 0.3) is 0 Å². The number of quaternary nitrogens is 1. The van der Waals surface area contributed by atoms with E-state index in [1.807, 2.05) is 12.1 Å². The van der Waals surface area contributed by atoms with Crippen molar-refractivity contribution in [2.24, 2.45) is 0 Å². The molecule has 1 aliphatic rings. The van der Waals surface area contributed by atoms with Crippen LogP contribution in [0.3, 0.4) is 0 Å². The van der Waals surface area contributed by atoms with E-state index in [9.17, 15) is 0 Å². The van der Waals surface area contributed by atoms with Crippen molar-refractivity contribution < 1.29 is 9.64 Å². The average molecular weight is 383 g/mol. The Kier molecular flexibility index (Phi) is 5.81. The maximum atomic E-state index is 5.44. The topological polar surface area (TPSA) is 57.3 Å². The third-order valence-electron chi connectivity index (χ3n) is 4.75. The van der Waals surface area contributed by atoms with Gasteiger partial charge in [-0.25, -0.2) is 0 Å². The highest BCUT2D eigenvalue weighted by atomic mass is 32.2. The van der Waals surface area contributed by atoms with Gasteiger partial charge in [-0.3, -0.25) is 9.55 Å². The maximum Gasteiger partial charge on any atom is 0.196 e. The van der Waals surface area contributed by atoms with Gasteiger partial charge in [0.05, 0.1) is 25.5 Å². The maximum absolute atomic E-state index is 5.44. The van der Waals surface area contributed by atoms with Gasteiger partial charge in [-0.05, 0) is 31.2 Å². The molecule has 1 fully saturated rings. The van der Waals surface area contributed by atoms with Gasteiger partial charge in [-0.2, -0.15) is 0 Å². The van der Waals surface area contributed by atoms with Gasteiger partial charge < -0.3 is 9.64 Å². The first-order chi connectivity index (χ1) is 13.3. The molecule has 0 atom stereocenters. The smallest absolute Gasteiger partial charge is 0.196 e. The fourth-order valence-corrected chi connectivity index (χ4v) is 4.17. The second-order valence-electron chi connectivity index (χ2n) is 6.67. The van der Waals surface area contributed by atoms with Gasteiger partial charge >= 0.3 is 0 Å². The molecule has 1 aromatic carbocycles. The second kappa shape index (κ2) is 8.65. The molecule has 0 bridgehead atoms. The number of rotatable bonds is 6. The van der Waals surface area contributed by atoms with Crippen molar-refractivity contribution in [1.29, 1.82) is 0 Å². The van der Waals surface area contributed by atoms with Crippen molar-refractivity contribution in [3.63, 3.8) is 0 Å². The van der Waals surface area contributed by atoms with Gasteiger partial charge in [-0.1, -0.05) is 29.5 Å². The Morgan fingerprint density at radius 2 is 1.78 bits per heavy atom. The van der Waals surface area contributed by atoms with Gasteiger partial charge in [0, 0.05) is 23.6 Å². The quantitative estimate of drug-likeness (QED) is 0.657. The Balaban J connectivity index is 1.59. The minimum absolute atomic E-state index is 0.850. The molecule has 2 aromatic heterocycles. The monoisotopic (exact) mass is 382 g/mol. The highest BCUT2D eigenvalue weighted by molar-refractivity contribution is 7.99. The number of ether oxygens (including phenoxy) is 1. The Hall–Kier alpha value is -2.22. The zero-order valence-corrected chi connectivity index (χ0v) is 16.3. The predicted molar refractivity (Wildman–Crippen MR) is 106 cm³/mol. The number of pyridine rings is 1. The van der Waals surface area contributed by atoms with Crippen LogP contribution in [0.5, 0.6) is 0 Å². The number of morpholine rings is 1. The summed E-state index contributed by atoms with van der Waals surface area (Å²) in [5.74, 6) is 1.86. The molecular formula is C20H24N5OS+. The number of thioether (sulfide) groups is 1. The molecule has 0 aliphatic carbocycles. The number of hydrogen-bond donors (Lipinski definition) is 1. The Morgan fingerprint density at radius 1 is 1.04 bits per heavy atom. The lowest BCUT2D eigenvalue weighted by molar-refractivity contribution is -0.905. The van der Waals surface area contributed by atoms with E-state index in [4.69, 9.17) is 4.74 Å². The molecule has 0 unspecified atom stereocenters. The molecule has 140 valence electrons. The van der Waals surface area contributed by atoms with E-state index in [-0.39, 0.29) is 0 Å². The van der Waals surface area contributed by atoms with Crippen LogP contribution in [0.25, 0.3) is 17.1 Å². The lowest BCUT2D eigenvalue weighted by Crippen LogP contribution is -3.14. The van der Waals surface area contributed by atoms with Crippen LogP contribution in [0.15, 0.2) is 53.9 Å².